The highest BCUT2D eigenvalue weighted by atomic mass is 32.1. The van der Waals surface area contributed by atoms with Crippen LogP contribution in [0.4, 0.5) is 0 Å². The van der Waals surface area contributed by atoms with E-state index in [-0.39, 0.29) is 0 Å². The van der Waals surface area contributed by atoms with Gasteiger partial charge in [0, 0.05) is 11.1 Å². The molecule has 0 unspecified atom stereocenters. The lowest BCUT2D eigenvalue weighted by Gasteiger charge is -2.04. The Hall–Kier alpha value is -2.52. The molecule has 4 aromatic rings. The van der Waals surface area contributed by atoms with Crippen molar-refractivity contribution in [3.8, 4) is 21.1 Å². The van der Waals surface area contributed by atoms with E-state index in [1.165, 1.54) is 16.3 Å². The Bertz CT molecular complexity index is 984. The van der Waals surface area contributed by atoms with Crippen molar-refractivity contribution in [2.45, 2.75) is 19.8 Å². The van der Waals surface area contributed by atoms with Gasteiger partial charge in [0.2, 0.25) is 0 Å². The highest BCUT2D eigenvalue weighted by Gasteiger charge is 2.09. The molecule has 4 rings (SSSR count). The topological polar surface area (TPSA) is 25.8 Å². The molecule has 0 aliphatic rings. The zero-order chi connectivity index (χ0) is 16.5. The van der Waals surface area contributed by atoms with Gasteiger partial charge in [-0.1, -0.05) is 85.8 Å². The lowest BCUT2D eigenvalue weighted by Crippen LogP contribution is -1.86. The Balaban J connectivity index is 1.68. The maximum Gasteiger partial charge on any atom is 0.148 e. The maximum atomic E-state index is 4.40. The highest BCUT2D eigenvalue weighted by Crippen LogP contribution is 2.32. The fourth-order valence-electron chi connectivity index (χ4n) is 2.79. The van der Waals surface area contributed by atoms with E-state index in [4.69, 9.17) is 0 Å². The van der Waals surface area contributed by atoms with E-state index in [1.54, 1.807) is 11.3 Å². The first-order valence-corrected chi connectivity index (χ1v) is 8.95. The van der Waals surface area contributed by atoms with E-state index in [0.29, 0.717) is 5.92 Å². The molecule has 24 heavy (non-hydrogen) atoms. The van der Waals surface area contributed by atoms with Gasteiger partial charge < -0.3 is 0 Å². The molecule has 0 N–H and O–H groups in total. The van der Waals surface area contributed by atoms with Gasteiger partial charge >= 0.3 is 0 Å². The normalized spacial score (nSPS) is 11.3. The van der Waals surface area contributed by atoms with Crippen molar-refractivity contribution in [2.75, 3.05) is 0 Å². The van der Waals surface area contributed by atoms with Crippen LogP contribution in [-0.2, 0) is 0 Å². The van der Waals surface area contributed by atoms with E-state index in [2.05, 4.69) is 90.8 Å². The van der Waals surface area contributed by atoms with Crippen LogP contribution in [0, 0.1) is 0 Å². The SMILES string of the molecule is CC(C)c1ccc(-c2nnc(-c3ccc4ccccc4c3)s2)cc1. The first kappa shape index (κ1) is 15.0. The summed E-state index contributed by atoms with van der Waals surface area (Å²) in [6.45, 7) is 4.41. The molecule has 3 heteroatoms. The molecular weight excluding hydrogens is 312 g/mol. The Morgan fingerprint density at radius 1 is 0.708 bits per heavy atom. The number of hydrogen-bond donors (Lipinski definition) is 0. The number of nitrogens with zero attached hydrogens (tertiary/aromatic N) is 2. The van der Waals surface area contributed by atoms with E-state index in [0.717, 1.165) is 21.1 Å². The summed E-state index contributed by atoms with van der Waals surface area (Å²) in [7, 11) is 0. The molecule has 0 radical (unpaired) electrons. The first-order chi connectivity index (χ1) is 11.7. The highest BCUT2D eigenvalue weighted by molar-refractivity contribution is 7.17. The second-order valence-corrected chi connectivity index (χ2v) is 7.23. The van der Waals surface area contributed by atoms with Crippen LogP contribution in [0.3, 0.4) is 0 Å². The molecule has 2 nitrogen and oxygen atoms in total. The van der Waals surface area contributed by atoms with Gasteiger partial charge in [-0.3, -0.25) is 0 Å². The van der Waals surface area contributed by atoms with Crippen LogP contribution in [0.5, 0.6) is 0 Å². The van der Waals surface area contributed by atoms with E-state index < -0.39 is 0 Å². The van der Waals surface area contributed by atoms with Gasteiger partial charge in [-0.05, 0) is 28.3 Å². The van der Waals surface area contributed by atoms with Crippen molar-refractivity contribution >= 4 is 22.1 Å². The lowest BCUT2D eigenvalue weighted by atomic mass is 10.0. The molecule has 3 aromatic carbocycles. The fraction of sp³-hybridized carbons (Fsp3) is 0.143. The Kier molecular flexibility index (Phi) is 3.87. The molecule has 0 fully saturated rings. The van der Waals surface area contributed by atoms with Crippen LogP contribution in [-0.4, -0.2) is 10.2 Å². The third-order valence-corrected chi connectivity index (χ3v) is 5.27. The van der Waals surface area contributed by atoms with Crippen molar-refractivity contribution < 1.29 is 0 Å². The average molecular weight is 330 g/mol. The molecule has 0 spiro atoms. The Morgan fingerprint density at radius 3 is 2.04 bits per heavy atom. The summed E-state index contributed by atoms with van der Waals surface area (Å²) in [5.41, 5.74) is 3.60. The standard InChI is InChI=1S/C21H18N2S/c1-14(2)15-7-10-17(11-8-15)20-22-23-21(24-20)19-12-9-16-5-3-4-6-18(16)13-19/h3-14H,1-2H3. The molecule has 0 atom stereocenters. The number of rotatable bonds is 3. The van der Waals surface area contributed by atoms with Crippen molar-refractivity contribution in [3.05, 3.63) is 72.3 Å². The van der Waals surface area contributed by atoms with Crippen LogP contribution >= 0.6 is 11.3 Å². The van der Waals surface area contributed by atoms with Crippen molar-refractivity contribution in [2.24, 2.45) is 0 Å². The van der Waals surface area contributed by atoms with E-state index in [1.807, 2.05) is 0 Å². The minimum Gasteiger partial charge on any atom is -0.138 e. The third kappa shape index (κ3) is 2.83. The fourth-order valence-corrected chi connectivity index (χ4v) is 3.63. The van der Waals surface area contributed by atoms with Gasteiger partial charge in [-0.2, -0.15) is 0 Å². The summed E-state index contributed by atoms with van der Waals surface area (Å²) < 4.78 is 0. The molecule has 1 aromatic heterocycles. The van der Waals surface area contributed by atoms with Gasteiger partial charge in [0.25, 0.3) is 0 Å². The molecular formula is C21H18N2S. The predicted molar refractivity (Wildman–Crippen MR) is 102 cm³/mol. The molecule has 1 heterocycles. The number of hydrogen-bond acceptors (Lipinski definition) is 3. The summed E-state index contributed by atoms with van der Waals surface area (Å²) >= 11 is 1.64. The Labute approximate surface area is 145 Å². The minimum atomic E-state index is 0.543. The van der Waals surface area contributed by atoms with Gasteiger partial charge in [0.1, 0.15) is 10.0 Å². The van der Waals surface area contributed by atoms with Gasteiger partial charge in [-0.15, -0.1) is 10.2 Å². The summed E-state index contributed by atoms with van der Waals surface area (Å²) in [4.78, 5) is 0. The van der Waals surface area contributed by atoms with Gasteiger partial charge in [0.05, 0.1) is 0 Å². The van der Waals surface area contributed by atoms with Crippen molar-refractivity contribution in [1.82, 2.24) is 10.2 Å². The molecule has 0 saturated heterocycles. The number of aromatic nitrogens is 2. The van der Waals surface area contributed by atoms with Crippen molar-refractivity contribution in [3.63, 3.8) is 0 Å². The second-order valence-electron chi connectivity index (χ2n) is 6.25. The largest absolute Gasteiger partial charge is 0.148 e. The number of fused-ring (bicyclic) bond motifs is 1. The predicted octanol–water partition coefficient (Wildman–Crippen LogP) is 6.15. The van der Waals surface area contributed by atoms with Crippen LogP contribution in [0.2, 0.25) is 0 Å². The van der Waals surface area contributed by atoms with E-state index >= 15 is 0 Å². The van der Waals surface area contributed by atoms with Crippen LogP contribution < -0.4 is 0 Å². The summed E-state index contributed by atoms with van der Waals surface area (Å²) in [5.74, 6) is 0.543. The molecule has 0 saturated carbocycles. The quantitative estimate of drug-likeness (QED) is 0.450. The lowest BCUT2D eigenvalue weighted by molar-refractivity contribution is 0.867. The van der Waals surface area contributed by atoms with Crippen LogP contribution in [0.1, 0.15) is 25.3 Å². The summed E-state index contributed by atoms with van der Waals surface area (Å²) in [6, 6.07) is 23.5. The Morgan fingerprint density at radius 2 is 1.33 bits per heavy atom. The van der Waals surface area contributed by atoms with Gasteiger partial charge in [0.15, 0.2) is 0 Å². The smallest absolute Gasteiger partial charge is 0.138 e. The minimum absolute atomic E-state index is 0.543. The summed E-state index contributed by atoms with van der Waals surface area (Å²) in [5, 5.41) is 13.2. The van der Waals surface area contributed by atoms with Gasteiger partial charge in [-0.25, -0.2) is 0 Å². The molecule has 118 valence electrons. The van der Waals surface area contributed by atoms with Crippen molar-refractivity contribution in [1.29, 1.82) is 0 Å². The monoisotopic (exact) mass is 330 g/mol. The first-order valence-electron chi connectivity index (χ1n) is 8.14. The third-order valence-electron chi connectivity index (χ3n) is 4.25. The van der Waals surface area contributed by atoms with Crippen LogP contribution in [0.15, 0.2) is 66.7 Å². The molecule has 0 aliphatic carbocycles. The number of benzene rings is 3. The molecule has 0 amide bonds. The van der Waals surface area contributed by atoms with Crippen LogP contribution in [0.25, 0.3) is 31.9 Å². The molecule has 0 aliphatic heterocycles. The zero-order valence-corrected chi connectivity index (χ0v) is 14.5. The molecule has 0 bridgehead atoms. The zero-order valence-electron chi connectivity index (χ0n) is 13.7. The maximum absolute atomic E-state index is 4.40. The summed E-state index contributed by atoms with van der Waals surface area (Å²) in [6.07, 6.45) is 0. The van der Waals surface area contributed by atoms with E-state index in [9.17, 15) is 0 Å². The average Bonchev–Trinajstić information content (AvgIpc) is 3.11. The second kappa shape index (κ2) is 6.17.